The Morgan fingerprint density at radius 1 is 1.58 bits per heavy atom. The van der Waals surface area contributed by atoms with Crippen LogP contribution in [0, 0.1) is 6.92 Å². The second-order valence-corrected chi connectivity index (χ2v) is 2.76. The largest absolute Gasteiger partial charge is 0.386 e. The minimum Gasteiger partial charge on any atom is -0.386 e. The van der Waals surface area contributed by atoms with Gasteiger partial charge in [0.2, 0.25) is 0 Å². The van der Waals surface area contributed by atoms with Gasteiger partial charge < -0.3 is 9.94 Å². The van der Waals surface area contributed by atoms with Gasteiger partial charge in [-0.3, -0.25) is 0 Å². The number of rotatable bonds is 3. The second kappa shape index (κ2) is 4.21. The van der Waals surface area contributed by atoms with Crippen LogP contribution < -0.4 is 5.90 Å². The second-order valence-electron chi connectivity index (χ2n) is 2.76. The molecule has 0 aliphatic carbocycles. The van der Waals surface area contributed by atoms with Crippen LogP contribution in [-0.4, -0.2) is 11.7 Å². The highest BCUT2D eigenvalue weighted by molar-refractivity contribution is 5.23. The first kappa shape index (κ1) is 9.19. The van der Waals surface area contributed by atoms with E-state index < -0.39 is 6.10 Å². The lowest BCUT2D eigenvalue weighted by atomic mass is 10.1. The van der Waals surface area contributed by atoms with Gasteiger partial charge in [-0.1, -0.05) is 29.8 Å². The topological polar surface area (TPSA) is 55.5 Å². The lowest BCUT2D eigenvalue weighted by Gasteiger charge is -2.09. The Morgan fingerprint density at radius 2 is 2.33 bits per heavy atom. The fourth-order valence-corrected chi connectivity index (χ4v) is 1.06. The molecule has 66 valence electrons. The molecule has 0 bridgehead atoms. The molecule has 0 fully saturated rings. The van der Waals surface area contributed by atoms with Crippen molar-refractivity contribution in [2.24, 2.45) is 5.90 Å². The molecule has 0 saturated heterocycles. The standard InChI is InChI=1S/C9H13NO2/c1-7-3-2-4-8(5-7)9(11)6-12-10/h2-5,9,11H,6,10H2,1H3. The van der Waals surface area contributed by atoms with Crippen LogP contribution in [0.1, 0.15) is 17.2 Å². The van der Waals surface area contributed by atoms with Crippen LogP contribution >= 0.6 is 0 Å². The third-order valence-corrected chi connectivity index (χ3v) is 1.68. The van der Waals surface area contributed by atoms with Crippen molar-refractivity contribution >= 4 is 0 Å². The zero-order valence-electron chi connectivity index (χ0n) is 7.03. The van der Waals surface area contributed by atoms with E-state index in [-0.39, 0.29) is 6.61 Å². The Morgan fingerprint density at radius 3 is 2.92 bits per heavy atom. The average Bonchev–Trinajstić information content (AvgIpc) is 2.05. The van der Waals surface area contributed by atoms with Crippen molar-refractivity contribution in [2.75, 3.05) is 6.61 Å². The van der Waals surface area contributed by atoms with E-state index in [0.29, 0.717) is 0 Å². The maximum Gasteiger partial charge on any atom is 0.104 e. The van der Waals surface area contributed by atoms with Gasteiger partial charge in [0.25, 0.3) is 0 Å². The number of aliphatic hydroxyl groups is 1. The molecule has 12 heavy (non-hydrogen) atoms. The van der Waals surface area contributed by atoms with E-state index in [4.69, 9.17) is 5.90 Å². The van der Waals surface area contributed by atoms with E-state index >= 15 is 0 Å². The quantitative estimate of drug-likeness (QED) is 0.658. The minimum atomic E-state index is -0.630. The maximum atomic E-state index is 9.44. The van der Waals surface area contributed by atoms with Crippen molar-refractivity contribution < 1.29 is 9.94 Å². The first-order valence-electron chi connectivity index (χ1n) is 3.80. The van der Waals surface area contributed by atoms with Gasteiger partial charge in [0.05, 0.1) is 6.61 Å². The Bertz CT molecular complexity index is 250. The predicted molar refractivity (Wildman–Crippen MR) is 46.3 cm³/mol. The van der Waals surface area contributed by atoms with E-state index in [9.17, 15) is 5.11 Å². The number of hydrogen-bond acceptors (Lipinski definition) is 3. The van der Waals surface area contributed by atoms with Crippen LogP contribution in [-0.2, 0) is 4.84 Å². The van der Waals surface area contributed by atoms with Crippen LogP contribution in [0.5, 0.6) is 0 Å². The molecule has 3 heteroatoms. The van der Waals surface area contributed by atoms with Crippen molar-refractivity contribution in [3.05, 3.63) is 35.4 Å². The molecular formula is C9H13NO2. The molecule has 0 aliphatic heterocycles. The zero-order chi connectivity index (χ0) is 8.97. The minimum absolute atomic E-state index is 0.128. The summed E-state index contributed by atoms with van der Waals surface area (Å²) in [4.78, 5) is 4.35. The molecule has 0 aromatic heterocycles. The molecule has 0 aliphatic rings. The number of hydrogen-bond donors (Lipinski definition) is 2. The summed E-state index contributed by atoms with van der Waals surface area (Å²) < 4.78 is 0. The molecule has 1 unspecified atom stereocenters. The molecule has 3 nitrogen and oxygen atoms in total. The van der Waals surface area contributed by atoms with E-state index in [1.54, 1.807) is 0 Å². The Kier molecular flexibility index (Phi) is 3.22. The molecule has 0 saturated carbocycles. The van der Waals surface area contributed by atoms with Crippen molar-refractivity contribution in [1.29, 1.82) is 0 Å². The van der Waals surface area contributed by atoms with Crippen LogP contribution in [0.3, 0.4) is 0 Å². The monoisotopic (exact) mass is 167 g/mol. The molecule has 0 radical (unpaired) electrons. The summed E-state index contributed by atoms with van der Waals surface area (Å²) >= 11 is 0. The summed E-state index contributed by atoms with van der Waals surface area (Å²) in [7, 11) is 0. The van der Waals surface area contributed by atoms with Gasteiger partial charge in [0.15, 0.2) is 0 Å². The lowest BCUT2D eigenvalue weighted by Crippen LogP contribution is -2.10. The molecule has 1 atom stereocenters. The van der Waals surface area contributed by atoms with Crippen LogP contribution in [0.2, 0.25) is 0 Å². The number of benzene rings is 1. The average molecular weight is 167 g/mol. The van der Waals surface area contributed by atoms with Crippen molar-refractivity contribution in [2.45, 2.75) is 13.0 Å². The maximum absolute atomic E-state index is 9.44. The summed E-state index contributed by atoms with van der Waals surface area (Å²) in [6, 6.07) is 7.62. The molecule has 1 rings (SSSR count). The van der Waals surface area contributed by atoms with Gasteiger partial charge in [-0.15, -0.1) is 0 Å². The van der Waals surface area contributed by atoms with Crippen molar-refractivity contribution in [3.8, 4) is 0 Å². The SMILES string of the molecule is Cc1cccc(C(O)CON)c1. The van der Waals surface area contributed by atoms with Crippen molar-refractivity contribution in [1.82, 2.24) is 0 Å². The summed E-state index contributed by atoms with van der Waals surface area (Å²) in [5.74, 6) is 4.84. The number of aryl methyl sites for hydroxylation is 1. The Hall–Kier alpha value is -0.900. The summed E-state index contributed by atoms with van der Waals surface area (Å²) in [6.45, 7) is 2.10. The number of aliphatic hydroxyl groups excluding tert-OH is 1. The third kappa shape index (κ3) is 2.30. The van der Waals surface area contributed by atoms with Crippen LogP contribution in [0.4, 0.5) is 0 Å². The molecule has 1 aromatic rings. The molecular weight excluding hydrogens is 154 g/mol. The van der Waals surface area contributed by atoms with Gasteiger partial charge in [-0.25, -0.2) is 5.90 Å². The Labute approximate surface area is 71.7 Å². The zero-order valence-corrected chi connectivity index (χ0v) is 7.03. The van der Waals surface area contributed by atoms with Gasteiger partial charge in [-0.2, -0.15) is 0 Å². The van der Waals surface area contributed by atoms with E-state index in [1.165, 1.54) is 0 Å². The molecule has 0 spiro atoms. The highest BCUT2D eigenvalue weighted by atomic mass is 16.6. The number of nitrogens with two attached hydrogens (primary N) is 1. The normalized spacial score (nSPS) is 12.9. The molecule has 1 aromatic carbocycles. The Balaban J connectivity index is 2.73. The van der Waals surface area contributed by atoms with Gasteiger partial charge >= 0.3 is 0 Å². The van der Waals surface area contributed by atoms with Crippen LogP contribution in [0.25, 0.3) is 0 Å². The predicted octanol–water partition coefficient (Wildman–Crippen LogP) is 0.919. The molecule has 0 amide bonds. The first-order valence-corrected chi connectivity index (χ1v) is 3.80. The summed E-state index contributed by atoms with van der Waals surface area (Å²) in [6.07, 6.45) is -0.630. The fourth-order valence-electron chi connectivity index (χ4n) is 1.06. The first-order chi connectivity index (χ1) is 5.74. The van der Waals surface area contributed by atoms with E-state index in [1.807, 2.05) is 31.2 Å². The van der Waals surface area contributed by atoms with E-state index in [2.05, 4.69) is 4.84 Å². The smallest absolute Gasteiger partial charge is 0.104 e. The highest BCUT2D eigenvalue weighted by Gasteiger charge is 2.05. The van der Waals surface area contributed by atoms with Gasteiger partial charge in [-0.05, 0) is 12.5 Å². The van der Waals surface area contributed by atoms with Crippen LogP contribution in [0.15, 0.2) is 24.3 Å². The molecule has 0 heterocycles. The van der Waals surface area contributed by atoms with E-state index in [0.717, 1.165) is 11.1 Å². The highest BCUT2D eigenvalue weighted by Crippen LogP contribution is 2.13. The third-order valence-electron chi connectivity index (χ3n) is 1.68. The van der Waals surface area contributed by atoms with Gasteiger partial charge in [0.1, 0.15) is 6.10 Å². The lowest BCUT2D eigenvalue weighted by molar-refractivity contribution is 0.0359. The van der Waals surface area contributed by atoms with Gasteiger partial charge in [0, 0.05) is 0 Å². The fraction of sp³-hybridized carbons (Fsp3) is 0.333. The summed E-state index contributed by atoms with van der Waals surface area (Å²) in [5.41, 5.74) is 1.95. The van der Waals surface area contributed by atoms with Crippen molar-refractivity contribution in [3.63, 3.8) is 0 Å². The summed E-state index contributed by atoms with van der Waals surface area (Å²) in [5, 5.41) is 9.44. The molecule has 3 N–H and O–H groups in total.